The van der Waals surface area contributed by atoms with E-state index in [1.165, 1.54) is 31.2 Å². The SMILES string of the molecule is C=CCNS(=O)(=O)c1cccc(C(=O)O[C@@H](C)C(=O)Nc2ccccc2C#N)c1. The van der Waals surface area contributed by atoms with E-state index in [4.69, 9.17) is 10.00 Å². The lowest BCUT2D eigenvalue weighted by atomic mass is 10.2. The van der Waals surface area contributed by atoms with Gasteiger partial charge in [-0.15, -0.1) is 6.58 Å². The first kappa shape index (κ1) is 21.8. The van der Waals surface area contributed by atoms with Gasteiger partial charge in [-0.3, -0.25) is 4.79 Å². The van der Waals surface area contributed by atoms with E-state index in [1.807, 2.05) is 6.07 Å². The number of anilines is 1. The lowest BCUT2D eigenvalue weighted by Crippen LogP contribution is -2.30. The number of para-hydroxylation sites is 1. The average Bonchev–Trinajstić information content (AvgIpc) is 2.72. The molecule has 0 aliphatic heterocycles. The summed E-state index contributed by atoms with van der Waals surface area (Å²) in [5, 5.41) is 11.6. The maximum atomic E-state index is 12.3. The van der Waals surface area contributed by atoms with Gasteiger partial charge in [0.05, 0.1) is 21.7 Å². The van der Waals surface area contributed by atoms with Crippen LogP contribution in [-0.2, 0) is 19.6 Å². The molecule has 0 saturated carbocycles. The smallest absolute Gasteiger partial charge is 0.338 e. The Morgan fingerprint density at radius 3 is 2.66 bits per heavy atom. The number of rotatable bonds is 8. The molecule has 2 aromatic carbocycles. The average molecular weight is 413 g/mol. The van der Waals surface area contributed by atoms with E-state index in [2.05, 4.69) is 16.6 Å². The third kappa shape index (κ3) is 5.75. The minimum absolute atomic E-state index is 0.0245. The number of benzene rings is 2. The Hall–Kier alpha value is -3.48. The van der Waals surface area contributed by atoms with Crippen molar-refractivity contribution in [1.29, 1.82) is 5.26 Å². The monoisotopic (exact) mass is 413 g/mol. The number of hydrogen-bond acceptors (Lipinski definition) is 6. The first-order valence-corrected chi connectivity index (χ1v) is 9.98. The van der Waals surface area contributed by atoms with Crippen LogP contribution in [0.3, 0.4) is 0 Å². The molecule has 29 heavy (non-hydrogen) atoms. The molecule has 0 saturated heterocycles. The van der Waals surface area contributed by atoms with Gasteiger partial charge in [0.2, 0.25) is 10.0 Å². The molecule has 0 aliphatic carbocycles. The number of nitriles is 1. The Morgan fingerprint density at radius 1 is 1.24 bits per heavy atom. The summed E-state index contributed by atoms with van der Waals surface area (Å²) in [6.07, 6.45) is 0.217. The molecule has 0 fully saturated rings. The summed E-state index contributed by atoms with van der Waals surface area (Å²) in [6, 6.07) is 13.6. The fraction of sp³-hybridized carbons (Fsp3) is 0.150. The van der Waals surface area contributed by atoms with Gasteiger partial charge in [-0.25, -0.2) is 17.9 Å². The van der Waals surface area contributed by atoms with E-state index in [-0.39, 0.29) is 22.6 Å². The number of amides is 1. The first-order chi connectivity index (χ1) is 13.8. The van der Waals surface area contributed by atoms with Crippen LogP contribution in [0.4, 0.5) is 5.69 Å². The van der Waals surface area contributed by atoms with Gasteiger partial charge in [0.25, 0.3) is 5.91 Å². The third-order valence-electron chi connectivity index (χ3n) is 3.76. The molecule has 2 aromatic rings. The van der Waals surface area contributed by atoms with Crippen molar-refractivity contribution in [3.05, 3.63) is 72.3 Å². The summed E-state index contributed by atoms with van der Waals surface area (Å²) in [7, 11) is -3.81. The second-order valence-corrected chi connectivity index (χ2v) is 7.63. The predicted molar refractivity (Wildman–Crippen MR) is 106 cm³/mol. The van der Waals surface area contributed by atoms with E-state index in [0.717, 1.165) is 6.07 Å². The van der Waals surface area contributed by atoms with Crippen molar-refractivity contribution in [2.24, 2.45) is 0 Å². The number of carbonyl (C=O) groups is 2. The maximum absolute atomic E-state index is 12.3. The quantitative estimate of drug-likeness (QED) is 0.505. The van der Waals surface area contributed by atoms with Crippen LogP contribution in [0.1, 0.15) is 22.8 Å². The van der Waals surface area contributed by atoms with E-state index in [0.29, 0.717) is 5.69 Å². The van der Waals surface area contributed by atoms with Crippen LogP contribution in [0.25, 0.3) is 0 Å². The molecule has 150 valence electrons. The minimum atomic E-state index is -3.81. The van der Waals surface area contributed by atoms with Crippen molar-refractivity contribution in [3.63, 3.8) is 0 Å². The number of ether oxygens (including phenoxy) is 1. The zero-order valence-corrected chi connectivity index (χ0v) is 16.4. The summed E-state index contributed by atoms with van der Waals surface area (Å²) in [5.41, 5.74) is 0.539. The highest BCUT2D eigenvalue weighted by Crippen LogP contribution is 2.16. The van der Waals surface area contributed by atoms with Gasteiger partial charge >= 0.3 is 5.97 Å². The molecule has 0 radical (unpaired) electrons. The summed E-state index contributed by atoms with van der Waals surface area (Å²) < 4.78 is 31.7. The topological polar surface area (TPSA) is 125 Å². The highest BCUT2D eigenvalue weighted by molar-refractivity contribution is 7.89. The van der Waals surface area contributed by atoms with Crippen LogP contribution in [0.2, 0.25) is 0 Å². The summed E-state index contributed by atoms with van der Waals surface area (Å²) in [6.45, 7) is 4.85. The van der Waals surface area contributed by atoms with E-state index >= 15 is 0 Å². The van der Waals surface area contributed by atoms with E-state index < -0.39 is 28.0 Å². The molecule has 8 nitrogen and oxygen atoms in total. The Labute approximate surface area is 168 Å². The Bertz CT molecular complexity index is 1070. The molecule has 0 aromatic heterocycles. The van der Waals surface area contributed by atoms with Crippen LogP contribution in [-0.4, -0.2) is 32.9 Å². The third-order valence-corrected chi connectivity index (χ3v) is 5.18. The first-order valence-electron chi connectivity index (χ1n) is 8.50. The number of nitrogens with one attached hydrogen (secondary N) is 2. The van der Waals surface area contributed by atoms with Crippen LogP contribution in [0, 0.1) is 11.3 Å². The van der Waals surface area contributed by atoms with Crippen molar-refractivity contribution in [3.8, 4) is 6.07 Å². The second kappa shape index (κ2) is 9.64. The number of hydrogen-bond donors (Lipinski definition) is 2. The largest absolute Gasteiger partial charge is 0.449 e. The Kier molecular flexibility index (Phi) is 7.25. The van der Waals surface area contributed by atoms with Crippen molar-refractivity contribution in [2.45, 2.75) is 17.9 Å². The van der Waals surface area contributed by atoms with Crippen molar-refractivity contribution >= 4 is 27.6 Å². The van der Waals surface area contributed by atoms with Crippen molar-refractivity contribution in [1.82, 2.24) is 4.72 Å². The van der Waals surface area contributed by atoms with Gasteiger partial charge in [0.15, 0.2) is 6.10 Å². The van der Waals surface area contributed by atoms with Crippen LogP contribution in [0.5, 0.6) is 0 Å². The Morgan fingerprint density at radius 2 is 1.97 bits per heavy atom. The van der Waals surface area contributed by atoms with Gasteiger partial charge in [-0.05, 0) is 37.3 Å². The number of nitrogens with zero attached hydrogens (tertiary/aromatic N) is 1. The number of esters is 1. The van der Waals surface area contributed by atoms with Crippen LogP contribution >= 0.6 is 0 Å². The van der Waals surface area contributed by atoms with Gasteiger partial charge < -0.3 is 10.1 Å². The van der Waals surface area contributed by atoms with Gasteiger partial charge in [0, 0.05) is 6.54 Å². The van der Waals surface area contributed by atoms with E-state index in [1.54, 1.807) is 24.3 Å². The standard InChI is InChI=1S/C20H19N3O5S/c1-3-11-22-29(26,27)17-9-6-8-15(12-17)20(25)28-14(2)19(24)23-18-10-5-4-7-16(18)13-21/h3-10,12,14,22H,1,11H2,2H3,(H,23,24)/t14-/m0/s1. The normalized spacial score (nSPS) is 11.7. The highest BCUT2D eigenvalue weighted by atomic mass is 32.2. The predicted octanol–water partition coefficient (Wildman–Crippen LogP) is 2.21. The number of sulfonamides is 1. The molecule has 0 bridgehead atoms. The van der Waals surface area contributed by atoms with Gasteiger partial charge in [0.1, 0.15) is 6.07 Å². The zero-order valence-electron chi connectivity index (χ0n) is 15.6. The van der Waals surface area contributed by atoms with Crippen molar-refractivity contribution < 1.29 is 22.7 Å². The Balaban J connectivity index is 2.09. The fourth-order valence-electron chi connectivity index (χ4n) is 2.25. The second-order valence-electron chi connectivity index (χ2n) is 5.86. The molecular weight excluding hydrogens is 394 g/mol. The summed E-state index contributed by atoms with van der Waals surface area (Å²) in [4.78, 5) is 24.5. The fourth-order valence-corrected chi connectivity index (χ4v) is 3.29. The van der Waals surface area contributed by atoms with Gasteiger partial charge in [-0.1, -0.05) is 24.3 Å². The molecule has 2 N–H and O–H groups in total. The molecular formula is C20H19N3O5S. The molecule has 0 aliphatic rings. The summed E-state index contributed by atoms with van der Waals surface area (Å²) in [5.74, 6) is -1.49. The molecule has 0 heterocycles. The summed E-state index contributed by atoms with van der Waals surface area (Å²) >= 11 is 0. The van der Waals surface area contributed by atoms with Crippen molar-refractivity contribution in [2.75, 3.05) is 11.9 Å². The van der Waals surface area contributed by atoms with Gasteiger partial charge in [-0.2, -0.15) is 5.26 Å². The van der Waals surface area contributed by atoms with Crippen LogP contribution in [0.15, 0.2) is 66.1 Å². The maximum Gasteiger partial charge on any atom is 0.338 e. The number of carbonyl (C=O) groups excluding carboxylic acids is 2. The van der Waals surface area contributed by atoms with Crippen LogP contribution < -0.4 is 10.0 Å². The molecule has 2 rings (SSSR count). The highest BCUT2D eigenvalue weighted by Gasteiger charge is 2.21. The zero-order chi connectivity index (χ0) is 21.4. The molecule has 1 atom stereocenters. The molecule has 0 unspecified atom stereocenters. The molecule has 0 spiro atoms. The molecule has 9 heteroatoms. The minimum Gasteiger partial charge on any atom is -0.449 e. The molecule has 1 amide bonds. The lowest BCUT2D eigenvalue weighted by molar-refractivity contribution is -0.123. The lowest BCUT2D eigenvalue weighted by Gasteiger charge is -2.14. The van der Waals surface area contributed by atoms with E-state index in [9.17, 15) is 18.0 Å².